The zero-order valence-corrected chi connectivity index (χ0v) is 23.3. The first kappa shape index (κ1) is 29.5. The van der Waals surface area contributed by atoms with Crippen molar-refractivity contribution in [1.29, 1.82) is 0 Å². The van der Waals surface area contributed by atoms with Crippen molar-refractivity contribution in [2.45, 2.75) is 13.8 Å². The molecule has 0 aliphatic heterocycles. The number of hydrogen-bond acceptors (Lipinski definition) is 9. The molecule has 11 nitrogen and oxygen atoms in total. The van der Waals surface area contributed by atoms with Crippen LogP contribution in [0.25, 0.3) is 16.8 Å². The van der Waals surface area contributed by atoms with Crippen molar-refractivity contribution in [2.24, 2.45) is 0 Å². The zero-order chi connectivity index (χ0) is 28.5. The van der Waals surface area contributed by atoms with Crippen LogP contribution in [0.2, 0.25) is 5.02 Å². The molecule has 208 valence electrons. The molecule has 1 N–H and O–H groups in total. The standard InChI is InChI=1S/C24H26ClFN8O3.C2H6/c1-31(9-7-26)10-11-32(2)20-13-22(37-3)18(12-21(20)34(35)36)29-24-27-15-17(25)23(30-24)16-14-28-33-8-5-4-6-19(16)33;1-2/h4-6,8,12-15H,7,9-11H2,1-3H3,(H,27,29,30);1-2H3. The average molecular weight is 559 g/mol. The quantitative estimate of drug-likeness (QED) is 0.189. The minimum absolute atomic E-state index is 0.129. The van der Waals surface area contributed by atoms with Gasteiger partial charge < -0.3 is 19.9 Å². The van der Waals surface area contributed by atoms with Crippen LogP contribution in [0.4, 0.5) is 27.4 Å². The van der Waals surface area contributed by atoms with Gasteiger partial charge in [0.2, 0.25) is 5.95 Å². The minimum Gasteiger partial charge on any atom is -0.494 e. The van der Waals surface area contributed by atoms with Crippen molar-refractivity contribution < 1.29 is 14.1 Å². The number of methoxy groups -OCH3 is 1. The summed E-state index contributed by atoms with van der Waals surface area (Å²) in [6, 6.07) is 8.60. The number of nitro benzene ring substituents is 1. The average Bonchev–Trinajstić information content (AvgIpc) is 3.37. The third-order valence-corrected chi connectivity index (χ3v) is 6.14. The Kier molecular flexibility index (Phi) is 10.4. The summed E-state index contributed by atoms with van der Waals surface area (Å²) < 4.78 is 19.8. The number of alkyl halides is 1. The van der Waals surface area contributed by atoms with Gasteiger partial charge in [0.05, 0.1) is 46.3 Å². The van der Waals surface area contributed by atoms with Crippen molar-refractivity contribution in [2.75, 3.05) is 57.7 Å². The molecule has 0 unspecified atom stereocenters. The highest BCUT2D eigenvalue weighted by Gasteiger charge is 2.23. The number of nitrogens with zero attached hydrogens (tertiary/aromatic N) is 7. The molecule has 13 heteroatoms. The number of nitrogens with one attached hydrogen (secondary N) is 1. The maximum Gasteiger partial charge on any atom is 0.294 e. The van der Waals surface area contributed by atoms with E-state index in [0.717, 1.165) is 5.52 Å². The predicted octanol–water partition coefficient (Wildman–Crippen LogP) is 5.47. The second-order valence-electron chi connectivity index (χ2n) is 8.32. The largest absolute Gasteiger partial charge is 0.494 e. The SMILES string of the molecule is CC.COc1cc(N(C)CCN(C)CCF)c([N+](=O)[O-])cc1Nc1ncc(Cl)c(-c2cnn3ccccc23)n1. The lowest BCUT2D eigenvalue weighted by atomic mass is 10.2. The lowest BCUT2D eigenvalue weighted by Crippen LogP contribution is -2.32. The van der Waals surface area contributed by atoms with E-state index in [-0.39, 0.29) is 11.6 Å². The molecule has 0 aliphatic carbocycles. The molecule has 3 aromatic heterocycles. The number of rotatable bonds is 11. The molecule has 3 heterocycles. The predicted molar refractivity (Wildman–Crippen MR) is 152 cm³/mol. The molecule has 0 atom stereocenters. The highest BCUT2D eigenvalue weighted by Crippen LogP contribution is 2.39. The number of fused-ring (bicyclic) bond motifs is 1. The van der Waals surface area contributed by atoms with Crippen LogP contribution < -0.4 is 15.0 Å². The molecule has 0 aliphatic rings. The highest BCUT2D eigenvalue weighted by molar-refractivity contribution is 6.33. The van der Waals surface area contributed by atoms with E-state index in [2.05, 4.69) is 20.4 Å². The lowest BCUT2D eigenvalue weighted by molar-refractivity contribution is -0.384. The van der Waals surface area contributed by atoms with Crippen LogP contribution in [0, 0.1) is 10.1 Å². The second kappa shape index (κ2) is 13.7. The number of ether oxygens (including phenoxy) is 1. The molecule has 39 heavy (non-hydrogen) atoms. The van der Waals surface area contributed by atoms with Crippen LogP contribution in [0.1, 0.15) is 13.8 Å². The van der Waals surface area contributed by atoms with Gasteiger partial charge in [0.25, 0.3) is 5.69 Å². The van der Waals surface area contributed by atoms with Crippen molar-refractivity contribution in [3.63, 3.8) is 0 Å². The summed E-state index contributed by atoms with van der Waals surface area (Å²) in [5, 5.41) is 19.6. The first-order chi connectivity index (χ1) is 18.8. The van der Waals surface area contributed by atoms with Gasteiger partial charge in [-0.1, -0.05) is 31.5 Å². The molecule has 0 saturated heterocycles. The Morgan fingerprint density at radius 1 is 1.18 bits per heavy atom. The fourth-order valence-electron chi connectivity index (χ4n) is 3.83. The number of nitro groups is 1. The summed E-state index contributed by atoms with van der Waals surface area (Å²) >= 11 is 6.41. The molecule has 0 spiro atoms. The Morgan fingerprint density at radius 2 is 1.95 bits per heavy atom. The van der Waals surface area contributed by atoms with Crippen LogP contribution in [0.5, 0.6) is 5.75 Å². The maximum atomic E-state index is 12.6. The smallest absolute Gasteiger partial charge is 0.294 e. The van der Waals surface area contributed by atoms with E-state index >= 15 is 0 Å². The van der Waals surface area contributed by atoms with E-state index < -0.39 is 11.6 Å². The van der Waals surface area contributed by atoms with Gasteiger partial charge in [0.15, 0.2) is 0 Å². The molecule has 0 saturated carbocycles. The molecule has 0 bridgehead atoms. The third-order valence-electron chi connectivity index (χ3n) is 5.86. The van der Waals surface area contributed by atoms with Gasteiger partial charge in [0, 0.05) is 50.6 Å². The molecular formula is C26H32ClFN8O3. The van der Waals surface area contributed by atoms with Gasteiger partial charge in [-0.15, -0.1) is 0 Å². The highest BCUT2D eigenvalue weighted by atomic mass is 35.5. The van der Waals surface area contributed by atoms with Crippen LogP contribution in [0.3, 0.4) is 0 Å². The summed E-state index contributed by atoms with van der Waals surface area (Å²) in [6.07, 6.45) is 4.93. The maximum absolute atomic E-state index is 12.6. The fourth-order valence-corrected chi connectivity index (χ4v) is 4.02. The van der Waals surface area contributed by atoms with Gasteiger partial charge >= 0.3 is 0 Å². The zero-order valence-electron chi connectivity index (χ0n) is 22.6. The number of hydrogen-bond donors (Lipinski definition) is 1. The Balaban J connectivity index is 0.00000205. The molecule has 1 aromatic carbocycles. The van der Waals surface area contributed by atoms with Crippen LogP contribution >= 0.6 is 11.6 Å². The summed E-state index contributed by atoms with van der Waals surface area (Å²) in [7, 11) is 5.00. The molecule has 4 aromatic rings. The second-order valence-corrected chi connectivity index (χ2v) is 8.72. The molecule has 0 fully saturated rings. The lowest BCUT2D eigenvalue weighted by Gasteiger charge is -2.24. The van der Waals surface area contributed by atoms with Gasteiger partial charge in [-0.2, -0.15) is 5.10 Å². The first-order valence-electron chi connectivity index (χ1n) is 12.4. The Hall–Kier alpha value is -4.03. The van der Waals surface area contributed by atoms with Crippen molar-refractivity contribution in [3.05, 3.63) is 64.1 Å². The number of anilines is 3. The van der Waals surface area contributed by atoms with Gasteiger partial charge in [-0.25, -0.2) is 18.9 Å². The van der Waals surface area contributed by atoms with E-state index in [1.807, 2.05) is 43.1 Å². The van der Waals surface area contributed by atoms with Gasteiger partial charge in [-0.05, 0) is 19.2 Å². The topological polar surface area (TPSA) is 114 Å². The molecule has 0 radical (unpaired) electrons. The number of benzene rings is 1. The Labute approximate surface area is 231 Å². The van der Waals surface area contributed by atoms with Crippen molar-refractivity contribution in [3.8, 4) is 17.0 Å². The number of halogens is 2. The monoisotopic (exact) mass is 558 g/mol. The van der Waals surface area contributed by atoms with E-state index in [4.69, 9.17) is 16.3 Å². The summed E-state index contributed by atoms with van der Waals surface area (Å²) in [5.41, 5.74) is 2.54. The summed E-state index contributed by atoms with van der Waals surface area (Å²) in [6.45, 7) is 4.82. The number of pyridine rings is 1. The first-order valence-corrected chi connectivity index (χ1v) is 12.7. The van der Waals surface area contributed by atoms with Gasteiger partial charge in [0.1, 0.15) is 18.1 Å². The summed E-state index contributed by atoms with van der Waals surface area (Å²) in [5.74, 6) is 0.539. The molecule has 4 rings (SSSR count). The van der Waals surface area contributed by atoms with E-state index in [1.165, 1.54) is 19.4 Å². The van der Waals surface area contributed by atoms with E-state index in [9.17, 15) is 14.5 Å². The van der Waals surface area contributed by atoms with Gasteiger partial charge in [-0.3, -0.25) is 10.1 Å². The molecular weight excluding hydrogens is 527 g/mol. The van der Waals surface area contributed by atoms with E-state index in [1.54, 1.807) is 35.8 Å². The van der Waals surface area contributed by atoms with Crippen LogP contribution in [-0.2, 0) is 0 Å². The Bertz CT molecular complexity index is 1420. The van der Waals surface area contributed by atoms with Crippen LogP contribution in [0.15, 0.2) is 48.9 Å². The summed E-state index contributed by atoms with van der Waals surface area (Å²) in [4.78, 5) is 23.8. The number of aromatic nitrogens is 4. The van der Waals surface area contributed by atoms with Crippen LogP contribution in [-0.4, -0.2) is 76.9 Å². The van der Waals surface area contributed by atoms with Crippen molar-refractivity contribution >= 4 is 40.1 Å². The van der Waals surface area contributed by atoms with Crippen molar-refractivity contribution in [1.82, 2.24) is 24.5 Å². The normalized spacial score (nSPS) is 10.8. The molecule has 0 amide bonds. The number of likely N-dealkylation sites (N-methyl/N-ethyl adjacent to an activating group) is 2. The fraction of sp³-hybridized carbons (Fsp3) is 0.346. The van der Waals surface area contributed by atoms with E-state index in [0.29, 0.717) is 53.0 Å². The minimum atomic E-state index is -0.463. The Morgan fingerprint density at radius 3 is 2.64 bits per heavy atom. The third kappa shape index (κ3) is 6.89.